The minimum absolute atomic E-state index is 0.0562. The Morgan fingerprint density at radius 1 is 1.24 bits per heavy atom. The zero-order chi connectivity index (χ0) is 17.9. The third kappa shape index (κ3) is 4.35. The van der Waals surface area contributed by atoms with E-state index < -0.39 is 10.0 Å². The predicted molar refractivity (Wildman–Crippen MR) is 101 cm³/mol. The Balaban J connectivity index is 1.65. The molecule has 0 atom stereocenters. The maximum atomic E-state index is 12.2. The van der Waals surface area contributed by atoms with E-state index in [1.54, 1.807) is 6.92 Å². The van der Waals surface area contributed by atoms with Gasteiger partial charge in [-0.15, -0.1) is 0 Å². The summed E-state index contributed by atoms with van der Waals surface area (Å²) in [5.74, 6) is 0.870. The zero-order valence-corrected chi connectivity index (χ0v) is 15.8. The largest absolute Gasteiger partial charge is 0.326 e. The number of nitrogens with zero attached hydrogens (tertiary/aromatic N) is 1. The summed E-state index contributed by atoms with van der Waals surface area (Å²) in [5, 5.41) is 2.98. The number of hydrogen-bond donors (Lipinski definition) is 1. The number of hydrogen-bond acceptors (Lipinski definition) is 3. The number of amides is 1. The first-order valence-electron chi connectivity index (χ1n) is 9.43. The lowest BCUT2D eigenvalue weighted by Crippen LogP contribution is -2.36. The van der Waals surface area contributed by atoms with Gasteiger partial charge in [0, 0.05) is 18.7 Å². The summed E-state index contributed by atoms with van der Waals surface area (Å²) in [5.41, 5.74) is 2.53. The second-order valence-corrected chi connectivity index (χ2v) is 9.34. The van der Waals surface area contributed by atoms with Crippen molar-refractivity contribution in [2.24, 2.45) is 5.92 Å². The SMILES string of the molecule is CCS(=O)(=O)N1CCCc2cc(NC(=O)CCC3CCCC3)ccc21. The highest BCUT2D eigenvalue weighted by atomic mass is 32.2. The third-order valence-electron chi connectivity index (χ3n) is 5.39. The summed E-state index contributed by atoms with van der Waals surface area (Å²) in [4.78, 5) is 12.2. The molecule has 1 amide bonds. The normalized spacial score (nSPS) is 18.2. The molecule has 1 aliphatic heterocycles. The molecule has 1 N–H and O–H groups in total. The van der Waals surface area contributed by atoms with Crippen LogP contribution in [-0.4, -0.2) is 26.6 Å². The van der Waals surface area contributed by atoms with Crippen molar-refractivity contribution in [1.29, 1.82) is 0 Å². The Morgan fingerprint density at radius 2 is 2.00 bits per heavy atom. The van der Waals surface area contributed by atoms with Crippen molar-refractivity contribution in [2.75, 3.05) is 21.9 Å². The highest BCUT2D eigenvalue weighted by molar-refractivity contribution is 7.92. The molecule has 25 heavy (non-hydrogen) atoms. The average Bonchev–Trinajstić information content (AvgIpc) is 3.13. The van der Waals surface area contributed by atoms with Crippen molar-refractivity contribution >= 4 is 27.3 Å². The third-order valence-corrected chi connectivity index (χ3v) is 7.17. The van der Waals surface area contributed by atoms with E-state index in [-0.39, 0.29) is 11.7 Å². The summed E-state index contributed by atoms with van der Waals surface area (Å²) in [6.45, 7) is 2.21. The Labute approximate surface area is 150 Å². The molecule has 0 bridgehead atoms. The molecule has 1 fully saturated rings. The highest BCUT2D eigenvalue weighted by Gasteiger charge is 2.26. The van der Waals surface area contributed by atoms with E-state index in [2.05, 4.69) is 5.32 Å². The van der Waals surface area contributed by atoms with E-state index in [1.807, 2.05) is 18.2 Å². The van der Waals surface area contributed by atoms with Crippen LogP contribution in [0.3, 0.4) is 0 Å². The molecule has 0 unspecified atom stereocenters. The fourth-order valence-electron chi connectivity index (χ4n) is 3.94. The van der Waals surface area contributed by atoms with Gasteiger partial charge in [0.15, 0.2) is 0 Å². The fourth-order valence-corrected chi connectivity index (χ4v) is 5.14. The van der Waals surface area contributed by atoms with Crippen molar-refractivity contribution in [3.8, 4) is 0 Å². The van der Waals surface area contributed by atoms with Crippen molar-refractivity contribution < 1.29 is 13.2 Å². The monoisotopic (exact) mass is 364 g/mol. The number of carbonyl (C=O) groups excluding carboxylic acids is 1. The van der Waals surface area contributed by atoms with E-state index in [1.165, 1.54) is 30.0 Å². The topological polar surface area (TPSA) is 66.5 Å². The molecule has 0 aromatic heterocycles. The summed E-state index contributed by atoms with van der Waals surface area (Å²) in [6.07, 6.45) is 8.31. The van der Waals surface area contributed by atoms with Gasteiger partial charge in [-0.05, 0) is 55.9 Å². The number of rotatable bonds is 6. The summed E-state index contributed by atoms with van der Waals surface area (Å²) < 4.78 is 26.0. The highest BCUT2D eigenvalue weighted by Crippen LogP contribution is 2.32. The Hall–Kier alpha value is -1.56. The van der Waals surface area contributed by atoms with Crippen LogP contribution in [0.1, 0.15) is 57.4 Å². The molecule has 1 aromatic carbocycles. The molecule has 1 aromatic rings. The van der Waals surface area contributed by atoms with Gasteiger partial charge in [0.1, 0.15) is 0 Å². The number of aryl methyl sites for hydroxylation is 1. The molecule has 1 saturated carbocycles. The standard InChI is InChI=1S/C19H28N2O3S/c1-2-25(23,24)21-13-5-8-16-14-17(10-11-18(16)21)20-19(22)12-9-15-6-3-4-7-15/h10-11,14-15H,2-9,12-13H2,1H3,(H,20,22). The van der Waals surface area contributed by atoms with Crippen LogP contribution in [0.25, 0.3) is 0 Å². The number of carbonyl (C=O) groups is 1. The molecule has 1 heterocycles. The quantitative estimate of drug-likeness (QED) is 0.837. The average molecular weight is 365 g/mol. The van der Waals surface area contributed by atoms with Gasteiger partial charge < -0.3 is 5.32 Å². The second kappa shape index (κ2) is 7.77. The molecule has 3 rings (SSSR count). The van der Waals surface area contributed by atoms with Gasteiger partial charge in [-0.1, -0.05) is 25.7 Å². The minimum Gasteiger partial charge on any atom is -0.326 e. The summed E-state index contributed by atoms with van der Waals surface area (Å²) >= 11 is 0. The number of fused-ring (bicyclic) bond motifs is 1. The summed E-state index contributed by atoms with van der Waals surface area (Å²) in [6, 6.07) is 5.57. The lowest BCUT2D eigenvalue weighted by atomic mass is 10.0. The molecule has 2 aliphatic rings. The Morgan fingerprint density at radius 3 is 2.72 bits per heavy atom. The smallest absolute Gasteiger partial charge is 0.234 e. The fraction of sp³-hybridized carbons (Fsp3) is 0.632. The van der Waals surface area contributed by atoms with E-state index in [0.717, 1.165) is 36.2 Å². The molecular formula is C19H28N2O3S. The molecule has 5 nitrogen and oxygen atoms in total. The van der Waals surface area contributed by atoms with Gasteiger partial charge in [0.05, 0.1) is 11.4 Å². The van der Waals surface area contributed by atoms with E-state index in [9.17, 15) is 13.2 Å². The number of nitrogens with one attached hydrogen (secondary N) is 1. The van der Waals surface area contributed by atoms with E-state index in [4.69, 9.17) is 0 Å². The van der Waals surface area contributed by atoms with Crippen LogP contribution < -0.4 is 9.62 Å². The van der Waals surface area contributed by atoms with E-state index in [0.29, 0.717) is 18.9 Å². The van der Waals surface area contributed by atoms with Crippen LogP contribution in [0.15, 0.2) is 18.2 Å². The maximum absolute atomic E-state index is 12.2. The molecular weight excluding hydrogens is 336 g/mol. The number of anilines is 2. The molecule has 138 valence electrons. The van der Waals surface area contributed by atoms with Gasteiger partial charge >= 0.3 is 0 Å². The molecule has 0 radical (unpaired) electrons. The van der Waals surface area contributed by atoms with Gasteiger partial charge in [0.2, 0.25) is 15.9 Å². The minimum atomic E-state index is -3.24. The van der Waals surface area contributed by atoms with Gasteiger partial charge in [-0.25, -0.2) is 8.42 Å². The predicted octanol–water partition coefficient (Wildman–Crippen LogP) is 3.70. The second-order valence-electron chi connectivity index (χ2n) is 7.16. The lowest BCUT2D eigenvalue weighted by molar-refractivity contribution is -0.116. The maximum Gasteiger partial charge on any atom is 0.234 e. The first-order valence-corrected chi connectivity index (χ1v) is 11.0. The van der Waals surface area contributed by atoms with Crippen molar-refractivity contribution in [3.63, 3.8) is 0 Å². The first-order chi connectivity index (χ1) is 12.0. The van der Waals surface area contributed by atoms with Crippen LogP contribution in [0.4, 0.5) is 11.4 Å². The van der Waals surface area contributed by atoms with E-state index >= 15 is 0 Å². The Kier molecular flexibility index (Phi) is 5.67. The van der Waals surface area contributed by atoms with Crippen LogP contribution in [0.5, 0.6) is 0 Å². The van der Waals surface area contributed by atoms with Gasteiger partial charge in [-0.2, -0.15) is 0 Å². The molecule has 6 heteroatoms. The molecule has 1 aliphatic carbocycles. The number of sulfonamides is 1. The zero-order valence-electron chi connectivity index (χ0n) is 15.0. The molecule has 0 saturated heterocycles. The Bertz CT molecular complexity index is 724. The van der Waals surface area contributed by atoms with Crippen molar-refractivity contribution in [2.45, 2.75) is 58.3 Å². The van der Waals surface area contributed by atoms with Crippen molar-refractivity contribution in [3.05, 3.63) is 23.8 Å². The molecule has 0 spiro atoms. The van der Waals surface area contributed by atoms with Crippen LogP contribution in [-0.2, 0) is 21.2 Å². The van der Waals surface area contributed by atoms with Crippen LogP contribution in [0.2, 0.25) is 0 Å². The van der Waals surface area contributed by atoms with Crippen LogP contribution in [0, 0.1) is 5.92 Å². The van der Waals surface area contributed by atoms with Gasteiger partial charge in [0.25, 0.3) is 0 Å². The first kappa shape index (κ1) is 18.2. The lowest BCUT2D eigenvalue weighted by Gasteiger charge is -2.30. The van der Waals surface area contributed by atoms with Crippen LogP contribution >= 0.6 is 0 Å². The summed E-state index contributed by atoms with van der Waals surface area (Å²) in [7, 11) is -3.24. The van der Waals surface area contributed by atoms with Gasteiger partial charge in [-0.3, -0.25) is 9.10 Å². The van der Waals surface area contributed by atoms with Crippen molar-refractivity contribution in [1.82, 2.24) is 0 Å². The number of benzene rings is 1.